The van der Waals surface area contributed by atoms with Crippen LogP contribution in [0, 0.1) is 0 Å². The highest BCUT2D eigenvalue weighted by atomic mass is 33.1. The summed E-state index contributed by atoms with van der Waals surface area (Å²) in [6.07, 6.45) is 0.714. The molecule has 33 heavy (non-hydrogen) atoms. The smallest absolute Gasteiger partial charge is 0.197 e. The van der Waals surface area contributed by atoms with E-state index in [2.05, 4.69) is 60.7 Å². The monoisotopic (exact) mass is 487 g/mol. The summed E-state index contributed by atoms with van der Waals surface area (Å²) in [6.45, 7) is 0. The van der Waals surface area contributed by atoms with Crippen LogP contribution in [0.25, 0.3) is 0 Å². The molecule has 0 aliphatic rings. The second-order valence-corrected chi connectivity index (χ2v) is 11.1. The standard InChI is InChI=1S/C28H25NOS3/c1-5-13-23(14-6-1)22-31-28(33-32-26-19-11-4-12-20-26)21-27(29-24-15-7-2-8-16-24)30-25-17-9-3-10-18-25/h1-20,28H,21-22H2. The van der Waals surface area contributed by atoms with Crippen molar-refractivity contribution in [2.45, 2.75) is 21.7 Å². The number of aliphatic imine (C=N–C) groups is 1. The van der Waals surface area contributed by atoms with E-state index in [-0.39, 0.29) is 4.58 Å². The molecule has 0 aliphatic carbocycles. The van der Waals surface area contributed by atoms with Crippen molar-refractivity contribution in [2.24, 2.45) is 4.99 Å². The molecule has 2 nitrogen and oxygen atoms in total. The molecule has 0 aromatic heterocycles. The molecule has 0 bridgehead atoms. The minimum Gasteiger partial charge on any atom is -0.443 e. The van der Waals surface area contributed by atoms with Gasteiger partial charge >= 0.3 is 0 Å². The van der Waals surface area contributed by atoms with Gasteiger partial charge in [0, 0.05) is 17.1 Å². The highest BCUT2D eigenvalue weighted by Gasteiger charge is 2.17. The van der Waals surface area contributed by atoms with Gasteiger partial charge in [-0.1, -0.05) is 107 Å². The summed E-state index contributed by atoms with van der Waals surface area (Å²) in [6, 6.07) is 41.0. The molecule has 4 aromatic rings. The fourth-order valence-corrected chi connectivity index (χ4v) is 6.99. The summed E-state index contributed by atoms with van der Waals surface area (Å²) in [5, 5.41) is 0. The number of rotatable bonds is 10. The summed E-state index contributed by atoms with van der Waals surface area (Å²) in [5.74, 6) is 2.47. The number of benzene rings is 4. The summed E-state index contributed by atoms with van der Waals surface area (Å²) >= 11 is 1.92. The molecule has 4 aromatic carbocycles. The Labute approximate surface area is 208 Å². The largest absolute Gasteiger partial charge is 0.443 e. The first-order chi connectivity index (χ1) is 16.3. The Bertz CT molecular complexity index is 1060. The van der Waals surface area contributed by atoms with Crippen molar-refractivity contribution in [3.05, 3.63) is 127 Å². The van der Waals surface area contributed by atoms with Gasteiger partial charge in [-0.2, -0.15) is 0 Å². The van der Waals surface area contributed by atoms with E-state index in [1.165, 1.54) is 10.5 Å². The maximum Gasteiger partial charge on any atom is 0.197 e. The van der Waals surface area contributed by atoms with E-state index < -0.39 is 0 Å². The zero-order valence-electron chi connectivity index (χ0n) is 18.1. The van der Waals surface area contributed by atoms with Gasteiger partial charge in [-0.25, -0.2) is 4.99 Å². The molecule has 0 heterocycles. The Morgan fingerprint density at radius 2 is 1.27 bits per heavy atom. The Hall–Kier alpha value is -2.60. The molecule has 0 spiro atoms. The second-order valence-electron chi connectivity index (χ2n) is 7.18. The number of para-hydroxylation sites is 2. The lowest BCUT2D eigenvalue weighted by Crippen LogP contribution is -2.14. The quantitative estimate of drug-likeness (QED) is 0.0963. The Balaban J connectivity index is 1.52. The fraction of sp³-hybridized carbons (Fsp3) is 0.107. The van der Waals surface area contributed by atoms with Crippen LogP contribution in [0.5, 0.6) is 5.75 Å². The zero-order chi connectivity index (χ0) is 22.6. The van der Waals surface area contributed by atoms with E-state index >= 15 is 0 Å². The molecule has 0 fully saturated rings. The van der Waals surface area contributed by atoms with E-state index in [0.717, 1.165) is 23.1 Å². The first-order valence-corrected chi connectivity index (χ1v) is 14.0. The summed E-state index contributed by atoms with van der Waals surface area (Å²) < 4.78 is 6.53. The van der Waals surface area contributed by atoms with E-state index in [1.54, 1.807) is 10.8 Å². The van der Waals surface area contributed by atoms with Crippen molar-refractivity contribution in [3.63, 3.8) is 0 Å². The fourth-order valence-electron chi connectivity index (χ4n) is 2.99. The van der Waals surface area contributed by atoms with Crippen molar-refractivity contribution in [3.8, 4) is 5.75 Å². The van der Waals surface area contributed by atoms with E-state index in [9.17, 15) is 0 Å². The third-order valence-corrected chi connectivity index (χ3v) is 9.21. The van der Waals surface area contributed by atoms with Gasteiger partial charge in [0.05, 0.1) is 10.3 Å². The number of ether oxygens (including phenoxy) is 1. The lowest BCUT2D eigenvalue weighted by Gasteiger charge is -2.18. The predicted octanol–water partition coefficient (Wildman–Crippen LogP) is 8.89. The molecule has 4 rings (SSSR count). The molecule has 5 heteroatoms. The van der Waals surface area contributed by atoms with Gasteiger partial charge in [-0.05, 0) is 42.0 Å². The third-order valence-electron chi connectivity index (χ3n) is 4.60. The molecule has 0 N–H and O–H groups in total. The highest BCUT2D eigenvalue weighted by Crippen LogP contribution is 2.42. The minimum absolute atomic E-state index is 0.265. The maximum atomic E-state index is 6.27. The van der Waals surface area contributed by atoms with Crippen LogP contribution in [-0.2, 0) is 5.75 Å². The Morgan fingerprint density at radius 3 is 1.94 bits per heavy atom. The molecule has 1 unspecified atom stereocenters. The minimum atomic E-state index is 0.265. The van der Waals surface area contributed by atoms with Crippen LogP contribution in [-0.4, -0.2) is 10.5 Å². The third kappa shape index (κ3) is 8.35. The van der Waals surface area contributed by atoms with Gasteiger partial charge in [-0.15, -0.1) is 11.8 Å². The molecule has 0 saturated heterocycles. The van der Waals surface area contributed by atoms with E-state index in [0.29, 0.717) is 6.42 Å². The van der Waals surface area contributed by atoms with Crippen molar-refractivity contribution < 1.29 is 4.74 Å². The Morgan fingerprint density at radius 1 is 0.697 bits per heavy atom. The normalized spacial score (nSPS) is 12.3. The van der Waals surface area contributed by atoms with Gasteiger partial charge in [0.15, 0.2) is 5.90 Å². The summed E-state index contributed by atoms with van der Waals surface area (Å²) in [4.78, 5) is 6.11. The number of hydrogen-bond acceptors (Lipinski definition) is 5. The SMILES string of the molecule is c1ccc(CSC(CC(=Nc2ccccc2)Oc2ccccc2)SSc2ccccc2)cc1. The van der Waals surface area contributed by atoms with Crippen LogP contribution < -0.4 is 4.74 Å². The van der Waals surface area contributed by atoms with Crippen LogP contribution in [0.4, 0.5) is 5.69 Å². The molecular weight excluding hydrogens is 463 g/mol. The number of hydrogen-bond donors (Lipinski definition) is 0. The van der Waals surface area contributed by atoms with Crippen molar-refractivity contribution in [2.75, 3.05) is 0 Å². The summed E-state index contributed by atoms with van der Waals surface area (Å²) in [5.41, 5.74) is 2.22. The van der Waals surface area contributed by atoms with Crippen LogP contribution in [0.15, 0.2) is 131 Å². The molecule has 0 saturated carbocycles. The van der Waals surface area contributed by atoms with E-state index in [4.69, 9.17) is 9.73 Å². The van der Waals surface area contributed by atoms with Crippen LogP contribution in [0.2, 0.25) is 0 Å². The van der Waals surface area contributed by atoms with Crippen LogP contribution in [0.3, 0.4) is 0 Å². The van der Waals surface area contributed by atoms with Gasteiger partial charge in [-0.3, -0.25) is 0 Å². The average Bonchev–Trinajstić information content (AvgIpc) is 2.88. The lowest BCUT2D eigenvalue weighted by atomic mass is 10.2. The molecular formula is C28H25NOS3. The zero-order valence-corrected chi connectivity index (χ0v) is 20.6. The molecule has 0 radical (unpaired) electrons. The van der Waals surface area contributed by atoms with Crippen molar-refractivity contribution in [1.82, 2.24) is 0 Å². The van der Waals surface area contributed by atoms with Gasteiger partial charge in [0.1, 0.15) is 5.75 Å². The van der Waals surface area contributed by atoms with Gasteiger partial charge in [0.2, 0.25) is 0 Å². The Kier molecular flexibility index (Phi) is 9.41. The number of nitrogens with zero attached hydrogens (tertiary/aromatic N) is 1. The van der Waals surface area contributed by atoms with Crippen LogP contribution >= 0.6 is 33.3 Å². The molecule has 0 aliphatic heterocycles. The number of thioether (sulfide) groups is 1. The molecule has 0 amide bonds. The molecule has 1 atom stereocenters. The first kappa shape index (κ1) is 23.6. The highest BCUT2D eigenvalue weighted by molar-refractivity contribution is 8.78. The predicted molar refractivity (Wildman–Crippen MR) is 147 cm³/mol. The summed E-state index contributed by atoms with van der Waals surface area (Å²) in [7, 11) is 3.67. The van der Waals surface area contributed by atoms with Gasteiger partial charge < -0.3 is 4.74 Å². The van der Waals surface area contributed by atoms with Crippen LogP contribution in [0.1, 0.15) is 12.0 Å². The molecule has 166 valence electrons. The first-order valence-electron chi connectivity index (χ1n) is 10.7. The van der Waals surface area contributed by atoms with Gasteiger partial charge in [0.25, 0.3) is 0 Å². The average molecular weight is 488 g/mol. The second kappa shape index (κ2) is 13.2. The van der Waals surface area contributed by atoms with Crippen molar-refractivity contribution in [1.29, 1.82) is 0 Å². The topological polar surface area (TPSA) is 21.6 Å². The van der Waals surface area contributed by atoms with Crippen molar-refractivity contribution >= 4 is 44.9 Å². The lowest BCUT2D eigenvalue weighted by molar-refractivity contribution is 0.535. The van der Waals surface area contributed by atoms with E-state index in [1.807, 2.05) is 83.2 Å². The maximum absolute atomic E-state index is 6.27.